The standard InChI is InChI=1S/C13H18N4O2S/c1-9-8-16(2)13(15-9)10-5-6-11(14)12(7-10)17(3)20(4,18)19/h5-8H,14H2,1-4H3. The second-order valence-corrected chi connectivity index (χ2v) is 6.83. The van der Waals surface area contributed by atoms with E-state index in [1.807, 2.05) is 30.8 Å². The topological polar surface area (TPSA) is 81.2 Å². The van der Waals surface area contributed by atoms with Crippen molar-refractivity contribution < 1.29 is 8.42 Å². The molecule has 0 bridgehead atoms. The van der Waals surface area contributed by atoms with Crippen LogP contribution in [0.3, 0.4) is 0 Å². The number of hydrogen-bond donors (Lipinski definition) is 1. The van der Waals surface area contributed by atoms with E-state index in [1.165, 1.54) is 11.4 Å². The first kappa shape index (κ1) is 14.4. The summed E-state index contributed by atoms with van der Waals surface area (Å²) >= 11 is 0. The molecule has 0 saturated heterocycles. The molecule has 2 rings (SSSR count). The third kappa shape index (κ3) is 2.62. The quantitative estimate of drug-likeness (QED) is 0.867. The van der Waals surface area contributed by atoms with Gasteiger partial charge in [-0.25, -0.2) is 13.4 Å². The Kier molecular flexibility index (Phi) is 3.47. The van der Waals surface area contributed by atoms with Crippen LogP contribution in [0.15, 0.2) is 24.4 Å². The Hall–Kier alpha value is -2.02. The van der Waals surface area contributed by atoms with Crippen molar-refractivity contribution in [1.82, 2.24) is 9.55 Å². The van der Waals surface area contributed by atoms with Gasteiger partial charge in [0, 0.05) is 25.9 Å². The summed E-state index contributed by atoms with van der Waals surface area (Å²) in [5.74, 6) is 0.769. The van der Waals surface area contributed by atoms with Gasteiger partial charge in [-0.3, -0.25) is 4.31 Å². The van der Waals surface area contributed by atoms with Gasteiger partial charge in [0.1, 0.15) is 5.82 Å². The summed E-state index contributed by atoms with van der Waals surface area (Å²) in [6.07, 6.45) is 3.05. The van der Waals surface area contributed by atoms with Crippen molar-refractivity contribution in [1.29, 1.82) is 0 Å². The summed E-state index contributed by atoms with van der Waals surface area (Å²) in [7, 11) is 0.0190. The number of sulfonamides is 1. The molecule has 108 valence electrons. The van der Waals surface area contributed by atoms with E-state index < -0.39 is 10.0 Å². The second-order valence-electron chi connectivity index (χ2n) is 4.82. The second kappa shape index (κ2) is 4.82. The molecule has 0 amide bonds. The van der Waals surface area contributed by atoms with Crippen LogP contribution < -0.4 is 10.0 Å². The molecule has 1 heterocycles. The maximum absolute atomic E-state index is 11.7. The Morgan fingerprint density at radius 2 is 2.00 bits per heavy atom. The van der Waals surface area contributed by atoms with Gasteiger partial charge in [0.15, 0.2) is 0 Å². The average Bonchev–Trinajstić information content (AvgIpc) is 2.67. The molecule has 0 radical (unpaired) electrons. The lowest BCUT2D eigenvalue weighted by molar-refractivity contribution is 0.600. The molecular weight excluding hydrogens is 276 g/mol. The van der Waals surface area contributed by atoms with Gasteiger partial charge >= 0.3 is 0 Å². The lowest BCUT2D eigenvalue weighted by Crippen LogP contribution is -2.25. The van der Waals surface area contributed by atoms with Crippen LogP contribution in [0.25, 0.3) is 11.4 Å². The zero-order chi connectivity index (χ0) is 15.1. The van der Waals surface area contributed by atoms with E-state index in [2.05, 4.69) is 4.98 Å². The molecule has 0 spiro atoms. The molecular formula is C13H18N4O2S. The van der Waals surface area contributed by atoms with Crippen molar-refractivity contribution >= 4 is 21.4 Å². The number of rotatable bonds is 3. The Morgan fingerprint density at radius 3 is 2.50 bits per heavy atom. The Balaban J connectivity index is 2.57. The number of aryl methyl sites for hydroxylation is 2. The number of imidazole rings is 1. The van der Waals surface area contributed by atoms with Crippen molar-refractivity contribution in [3.63, 3.8) is 0 Å². The summed E-state index contributed by atoms with van der Waals surface area (Å²) in [4.78, 5) is 4.43. The number of anilines is 2. The SMILES string of the molecule is Cc1cn(C)c(-c2ccc(N)c(N(C)S(C)(=O)=O)c2)n1. The number of nitrogen functional groups attached to an aromatic ring is 1. The first-order valence-corrected chi connectivity index (χ1v) is 7.88. The van der Waals surface area contributed by atoms with E-state index in [1.54, 1.807) is 12.1 Å². The smallest absolute Gasteiger partial charge is 0.232 e. The summed E-state index contributed by atoms with van der Waals surface area (Å²) in [5.41, 5.74) is 8.45. The van der Waals surface area contributed by atoms with E-state index in [9.17, 15) is 8.42 Å². The number of benzene rings is 1. The molecule has 1 aromatic heterocycles. The van der Waals surface area contributed by atoms with Crippen molar-refractivity contribution in [2.24, 2.45) is 7.05 Å². The van der Waals surface area contributed by atoms with Crippen LogP contribution in [0.2, 0.25) is 0 Å². The Bertz CT molecular complexity index is 750. The van der Waals surface area contributed by atoms with Gasteiger partial charge in [-0.2, -0.15) is 0 Å². The summed E-state index contributed by atoms with van der Waals surface area (Å²) in [6, 6.07) is 5.26. The molecule has 0 fully saturated rings. The van der Waals surface area contributed by atoms with Crippen LogP contribution in [0.4, 0.5) is 11.4 Å². The molecule has 0 aliphatic carbocycles. The highest BCUT2D eigenvalue weighted by molar-refractivity contribution is 7.92. The van der Waals surface area contributed by atoms with E-state index in [-0.39, 0.29) is 0 Å². The first-order chi connectivity index (χ1) is 9.20. The molecule has 2 N–H and O–H groups in total. The van der Waals surface area contributed by atoms with Crippen LogP contribution in [0, 0.1) is 6.92 Å². The van der Waals surface area contributed by atoms with Crippen LogP contribution in [-0.4, -0.2) is 31.3 Å². The monoisotopic (exact) mass is 294 g/mol. The molecule has 7 heteroatoms. The van der Waals surface area contributed by atoms with Gasteiger partial charge in [-0.15, -0.1) is 0 Å². The molecule has 6 nitrogen and oxygen atoms in total. The molecule has 1 aromatic carbocycles. The van der Waals surface area contributed by atoms with Gasteiger partial charge in [-0.05, 0) is 25.1 Å². The van der Waals surface area contributed by atoms with E-state index >= 15 is 0 Å². The van der Waals surface area contributed by atoms with E-state index in [0.717, 1.165) is 23.3 Å². The van der Waals surface area contributed by atoms with E-state index in [0.29, 0.717) is 11.4 Å². The fraction of sp³-hybridized carbons (Fsp3) is 0.308. The molecule has 0 aliphatic heterocycles. The molecule has 0 unspecified atom stereocenters. The van der Waals surface area contributed by atoms with Crippen molar-refractivity contribution in [2.75, 3.05) is 23.3 Å². The maximum atomic E-state index is 11.7. The predicted molar refractivity (Wildman–Crippen MR) is 81.0 cm³/mol. The lowest BCUT2D eigenvalue weighted by Gasteiger charge is -2.19. The minimum atomic E-state index is -3.36. The summed E-state index contributed by atoms with van der Waals surface area (Å²) in [6.45, 7) is 1.91. The Labute approximate surface area is 118 Å². The minimum absolute atomic E-state index is 0.410. The van der Waals surface area contributed by atoms with Crippen LogP contribution >= 0.6 is 0 Å². The number of nitrogens with two attached hydrogens (primary N) is 1. The van der Waals surface area contributed by atoms with Crippen LogP contribution in [0.1, 0.15) is 5.69 Å². The average molecular weight is 294 g/mol. The summed E-state index contributed by atoms with van der Waals surface area (Å²) < 4.78 is 26.4. The third-order valence-electron chi connectivity index (χ3n) is 3.12. The number of nitrogens with zero attached hydrogens (tertiary/aromatic N) is 3. The largest absolute Gasteiger partial charge is 0.397 e. The zero-order valence-corrected chi connectivity index (χ0v) is 12.8. The van der Waals surface area contributed by atoms with E-state index in [4.69, 9.17) is 5.73 Å². The third-order valence-corrected chi connectivity index (χ3v) is 4.31. The van der Waals surface area contributed by atoms with Crippen LogP contribution in [-0.2, 0) is 17.1 Å². The molecule has 20 heavy (non-hydrogen) atoms. The summed E-state index contributed by atoms with van der Waals surface area (Å²) in [5, 5.41) is 0. The number of hydrogen-bond acceptors (Lipinski definition) is 4. The van der Waals surface area contributed by atoms with Gasteiger partial charge in [-0.1, -0.05) is 0 Å². The van der Waals surface area contributed by atoms with Gasteiger partial charge in [0.25, 0.3) is 0 Å². The van der Waals surface area contributed by atoms with Crippen LogP contribution in [0.5, 0.6) is 0 Å². The Morgan fingerprint density at radius 1 is 1.35 bits per heavy atom. The highest BCUT2D eigenvalue weighted by Gasteiger charge is 2.16. The van der Waals surface area contributed by atoms with Gasteiger partial charge in [0.05, 0.1) is 23.3 Å². The first-order valence-electron chi connectivity index (χ1n) is 6.04. The normalized spacial score (nSPS) is 11.6. The molecule has 0 atom stereocenters. The van der Waals surface area contributed by atoms with Crippen molar-refractivity contribution in [3.05, 3.63) is 30.1 Å². The highest BCUT2D eigenvalue weighted by atomic mass is 32.2. The van der Waals surface area contributed by atoms with Crippen molar-refractivity contribution in [3.8, 4) is 11.4 Å². The van der Waals surface area contributed by atoms with Gasteiger partial charge < -0.3 is 10.3 Å². The molecule has 0 aliphatic rings. The fourth-order valence-corrected chi connectivity index (χ4v) is 2.53. The van der Waals surface area contributed by atoms with Crippen molar-refractivity contribution in [2.45, 2.75) is 6.92 Å². The number of aromatic nitrogens is 2. The molecule has 2 aromatic rings. The maximum Gasteiger partial charge on any atom is 0.232 e. The highest BCUT2D eigenvalue weighted by Crippen LogP contribution is 2.29. The predicted octanol–water partition coefficient (Wildman–Crippen LogP) is 1.37. The minimum Gasteiger partial charge on any atom is -0.397 e. The lowest BCUT2D eigenvalue weighted by atomic mass is 10.1. The fourth-order valence-electron chi connectivity index (χ4n) is 2.02. The molecule has 0 saturated carbocycles. The van der Waals surface area contributed by atoms with Gasteiger partial charge in [0.2, 0.25) is 10.0 Å². The zero-order valence-electron chi connectivity index (χ0n) is 12.0.